The van der Waals surface area contributed by atoms with Gasteiger partial charge in [0.1, 0.15) is 5.65 Å². The van der Waals surface area contributed by atoms with E-state index in [1.807, 2.05) is 47.3 Å². The van der Waals surface area contributed by atoms with Crippen molar-refractivity contribution in [2.45, 2.75) is 0 Å². The van der Waals surface area contributed by atoms with E-state index in [0.717, 1.165) is 27.7 Å². The molecule has 112 valence electrons. The molecule has 0 aliphatic rings. The molecule has 3 heterocycles. The predicted molar refractivity (Wildman–Crippen MR) is 87.3 cm³/mol. The summed E-state index contributed by atoms with van der Waals surface area (Å²) in [6.07, 6.45) is 7.54. The van der Waals surface area contributed by atoms with Crippen LogP contribution < -0.4 is 0 Å². The van der Waals surface area contributed by atoms with Gasteiger partial charge in [-0.05, 0) is 29.7 Å². The molecular weight excluding hydrogens is 290 g/mol. The Kier molecular flexibility index (Phi) is 3.05. The fraction of sp³-hybridized carbons (Fsp3) is 0.0556. The highest BCUT2D eigenvalue weighted by Crippen LogP contribution is 2.24. The number of ether oxygens (including phenoxy) is 1. The lowest BCUT2D eigenvalue weighted by Crippen LogP contribution is -2.00. The minimum absolute atomic E-state index is 0.344. The van der Waals surface area contributed by atoms with Gasteiger partial charge in [-0.15, -0.1) is 0 Å². The standard InChI is InChI=1S/C18H13N3O2/c1-23-18(22)14-4-2-13(3-5-14)16-11-21-9-7-12-6-8-19-10-15(12)17(21)20-16/h2-11H,1H3. The van der Waals surface area contributed by atoms with Crippen molar-refractivity contribution in [1.82, 2.24) is 14.4 Å². The second-order valence-corrected chi connectivity index (χ2v) is 5.20. The first-order chi connectivity index (χ1) is 11.3. The number of hydrogen-bond donors (Lipinski definition) is 0. The van der Waals surface area contributed by atoms with Gasteiger partial charge in [-0.3, -0.25) is 4.98 Å². The van der Waals surface area contributed by atoms with Gasteiger partial charge in [0.05, 0.1) is 18.4 Å². The molecule has 0 aliphatic heterocycles. The maximum atomic E-state index is 11.5. The Morgan fingerprint density at radius 2 is 1.96 bits per heavy atom. The number of rotatable bonds is 2. The lowest BCUT2D eigenvalue weighted by molar-refractivity contribution is 0.0601. The second-order valence-electron chi connectivity index (χ2n) is 5.20. The number of pyridine rings is 2. The van der Waals surface area contributed by atoms with Crippen molar-refractivity contribution in [1.29, 1.82) is 0 Å². The molecule has 4 aromatic rings. The molecule has 5 heteroatoms. The van der Waals surface area contributed by atoms with Gasteiger partial charge >= 0.3 is 5.97 Å². The Labute approximate surface area is 132 Å². The molecule has 0 saturated heterocycles. The zero-order chi connectivity index (χ0) is 15.8. The first-order valence-electron chi connectivity index (χ1n) is 7.16. The van der Waals surface area contributed by atoms with Gasteiger partial charge in [0, 0.05) is 35.7 Å². The minimum Gasteiger partial charge on any atom is -0.465 e. The van der Waals surface area contributed by atoms with Crippen LogP contribution in [0.3, 0.4) is 0 Å². The van der Waals surface area contributed by atoms with E-state index in [1.165, 1.54) is 7.11 Å². The van der Waals surface area contributed by atoms with E-state index in [2.05, 4.69) is 4.98 Å². The van der Waals surface area contributed by atoms with Gasteiger partial charge in [0.15, 0.2) is 0 Å². The van der Waals surface area contributed by atoms with Gasteiger partial charge in [-0.2, -0.15) is 0 Å². The Hall–Kier alpha value is -3.21. The normalized spacial score (nSPS) is 11.0. The number of nitrogens with zero attached hydrogens (tertiary/aromatic N) is 3. The van der Waals surface area contributed by atoms with Gasteiger partial charge in [0.2, 0.25) is 0 Å². The van der Waals surface area contributed by atoms with Crippen LogP contribution in [0.5, 0.6) is 0 Å². The Bertz CT molecular complexity index is 1020. The number of benzene rings is 1. The first-order valence-corrected chi connectivity index (χ1v) is 7.16. The van der Waals surface area contributed by atoms with Crippen LogP contribution in [0.15, 0.2) is 61.2 Å². The second kappa shape index (κ2) is 5.21. The summed E-state index contributed by atoms with van der Waals surface area (Å²) in [6.45, 7) is 0. The van der Waals surface area contributed by atoms with E-state index >= 15 is 0 Å². The summed E-state index contributed by atoms with van der Waals surface area (Å²) in [4.78, 5) is 20.4. The summed E-state index contributed by atoms with van der Waals surface area (Å²) >= 11 is 0. The van der Waals surface area contributed by atoms with Crippen LogP contribution in [0.25, 0.3) is 27.7 Å². The molecule has 0 radical (unpaired) electrons. The number of carbonyl (C=O) groups excluding carboxylic acids is 1. The smallest absolute Gasteiger partial charge is 0.337 e. The van der Waals surface area contributed by atoms with Crippen LogP contribution in [0, 0.1) is 0 Å². The third-order valence-corrected chi connectivity index (χ3v) is 3.84. The Morgan fingerprint density at radius 1 is 1.13 bits per heavy atom. The minimum atomic E-state index is -0.344. The van der Waals surface area contributed by atoms with Crippen molar-refractivity contribution >= 4 is 22.4 Å². The quantitative estimate of drug-likeness (QED) is 0.533. The highest BCUT2D eigenvalue weighted by Gasteiger charge is 2.09. The summed E-state index contributed by atoms with van der Waals surface area (Å²) < 4.78 is 6.69. The van der Waals surface area contributed by atoms with Gasteiger partial charge < -0.3 is 9.14 Å². The fourth-order valence-corrected chi connectivity index (χ4v) is 2.64. The molecule has 4 rings (SSSR count). The number of fused-ring (bicyclic) bond motifs is 3. The van der Waals surface area contributed by atoms with Crippen molar-refractivity contribution in [2.75, 3.05) is 7.11 Å². The molecule has 3 aromatic heterocycles. The molecule has 0 bridgehead atoms. The summed E-state index contributed by atoms with van der Waals surface area (Å²) in [7, 11) is 1.37. The lowest BCUT2D eigenvalue weighted by Gasteiger charge is -2.00. The molecule has 0 spiro atoms. The van der Waals surface area contributed by atoms with Crippen molar-refractivity contribution in [3.05, 3.63) is 66.7 Å². The topological polar surface area (TPSA) is 56.5 Å². The van der Waals surface area contributed by atoms with Crippen molar-refractivity contribution in [3.63, 3.8) is 0 Å². The number of hydrogen-bond acceptors (Lipinski definition) is 4. The van der Waals surface area contributed by atoms with Crippen LogP contribution in [0.2, 0.25) is 0 Å². The molecule has 0 N–H and O–H groups in total. The first kappa shape index (κ1) is 13.5. The zero-order valence-electron chi connectivity index (χ0n) is 12.4. The van der Waals surface area contributed by atoms with Crippen LogP contribution in [0.4, 0.5) is 0 Å². The average molecular weight is 303 g/mol. The SMILES string of the molecule is COC(=O)c1ccc(-c2cn3ccc4ccncc4c3n2)cc1. The van der Waals surface area contributed by atoms with Gasteiger partial charge in [-0.1, -0.05) is 12.1 Å². The van der Waals surface area contributed by atoms with Crippen molar-refractivity contribution in [2.24, 2.45) is 0 Å². The molecule has 0 atom stereocenters. The maximum absolute atomic E-state index is 11.5. The molecular formula is C18H13N3O2. The van der Waals surface area contributed by atoms with Crippen LogP contribution in [-0.2, 0) is 4.74 Å². The predicted octanol–water partition coefficient (Wildman–Crippen LogP) is 3.34. The van der Waals surface area contributed by atoms with E-state index in [-0.39, 0.29) is 5.97 Å². The Morgan fingerprint density at radius 3 is 2.74 bits per heavy atom. The summed E-state index contributed by atoms with van der Waals surface area (Å²) in [5.74, 6) is -0.344. The number of esters is 1. The molecule has 0 saturated carbocycles. The molecule has 5 nitrogen and oxygen atoms in total. The van der Waals surface area contributed by atoms with Crippen LogP contribution >= 0.6 is 0 Å². The highest BCUT2D eigenvalue weighted by atomic mass is 16.5. The van der Waals surface area contributed by atoms with E-state index in [9.17, 15) is 4.79 Å². The van der Waals surface area contributed by atoms with E-state index in [0.29, 0.717) is 5.56 Å². The monoisotopic (exact) mass is 303 g/mol. The third kappa shape index (κ3) is 2.23. The van der Waals surface area contributed by atoms with Gasteiger partial charge in [-0.25, -0.2) is 9.78 Å². The van der Waals surface area contributed by atoms with E-state index < -0.39 is 0 Å². The number of aromatic nitrogens is 3. The van der Waals surface area contributed by atoms with E-state index in [4.69, 9.17) is 9.72 Å². The summed E-state index contributed by atoms with van der Waals surface area (Å²) in [5, 5.41) is 2.11. The summed E-state index contributed by atoms with van der Waals surface area (Å²) in [6, 6.07) is 11.2. The molecule has 1 aromatic carbocycles. The molecule has 0 aliphatic carbocycles. The van der Waals surface area contributed by atoms with Crippen LogP contribution in [-0.4, -0.2) is 27.4 Å². The van der Waals surface area contributed by atoms with Crippen molar-refractivity contribution in [3.8, 4) is 11.3 Å². The van der Waals surface area contributed by atoms with Gasteiger partial charge in [0.25, 0.3) is 0 Å². The lowest BCUT2D eigenvalue weighted by atomic mass is 10.1. The maximum Gasteiger partial charge on any atom is 0.337 e. The number of carbonyl (C=O) groups is 1. The number of imidazole rings is 1. The summed E-state index contributed by atoms with van der Waals surface area (Å²) in [5.41, 5.74) is 3.17. The molecule has 0 unspecified atom stereocenters. The molecule has 23 heavy (non-hydrogen) atoms. The third-order valence-electron chi connectivity index (χ3n) is 3.84. The fourth-order valence-electron chi connectivity index (χ4n) is 2.64. The zero-order valence-corrected chi connectivity index (χ0v) is 12.4. The highest BCUT2D eigenvalue weighted by molar-refractivity contribution is 5.94. The number of methoxy groups -OCH3 is 1. The van der Waals surface area contributed by atoms with E-state index in [1.54, 1.807) is 18.3 Å². The largest absolute Gasteiger partial charge is 0.465 e. The average Bonchev–Trinajstić information content (AvgIpc) is 3.06. The molecule has 0 amide bonds. The molecule has 0 fully saturated rings. The van der Waals surface area contributed by atoms with Crippen LogP contribution in [0.1, 0.15) is 10.4 Å². The van der Waals surface area contributed by atoms with Crippen molar-refractivity contribution < 1.29 is 9.53 Å². The Balaban J connectivity index is 1.83.